The molecule has 0 unspecified atom stereocenters. The fourth-order valence-electron chi connectivity index (χ4n) is 3.52. The van der Waals surface area contributed by atoms with Crippen LogP contribution in [0.15, 0.2) is 90.0 Å². The standard InChI is InChI=1S/C28H23N3O6/c1-35-20-14-11-19(12-15-20)28(34)37-24-16-13-18-7-3-4-8-21(18)22(24)17-29-31-27(33)26(32)30-23-9-5-6-10-25(23)36-2/h3-17H,1-2H3,(H,30,32)(H,31,33). The number of rotatable bonds is 7. The van der Waals surface area contributed by atoms with E-state index in [0.29, 0.717) is 28.3 Å². The number of benzene rings is 4. The number of nitrogens with one attached hydrogen (secondary N) is 2. The third-order valence-electron chi connectivity index (χ3n) is 5.38. The smallest absolute Gasteiger partial charge is 0.343 e. The molecule has 0 saturated carbocycles. The Morgan fingerprint density at radius 3 is 2.24 bits per heavy atom. The van der Waals surface area contributed by atoms with Gasteiger partial charge in [-0.15, -0.1) is 0 Å². The highest BCUT2D eigenvalue weighted by Gasteiger charge is 2.16. The van der Waals surface area contributed by atoms with Crippen LogP contribution in [-0.2, 0) is 9.59 Å². The van der Waals surface area contributed by atoms with Crippen molar-refractivity contribution in [2.45, 2.75) is 0 Å². The summed E-state index contributed by atoms with van der Waals surface area (Å²) in [6.07, 6.45) is 1.33. The Balaban J connectivity index is 1.53. The minimum atomic E-state index is -0.987. The number of para-hydroxylation sites is 2. The lowest BCUT2D eigenvalue weighted by Gasteiger charge is -2.11. The molecule has 4 aromatic carbocycles. The van der Waals surface area contributed by atoms with E-state index in [9.17, 15) is 14.4 Å². The van der Waals surface area contributed by atoms with Crippen LogP contribution in [0.25, 0.3) is 10.8 Å². The van der Waals surface area contributed by atoms with Crippen molar-refractivity contribution in [3.8, 4) is 17.2 Å². The maximum Gasteiger partial charge on any atom is 0.343 e. The molecule has 4 aromatic rings. The Morgan fingerprint density at radius 2 is 1.49 bits per heavy atom. The van der Waals surface area contributed by atoms with Crippen LogP contribution >= 0.6 is 0 Å². The van der Waals surface area contributed by atoms with E-state index in [2.05, 4.69) is 15.8 Å². The molecule has 0 heterocycles. The lowest BCUT2D eigenvalue weighted by atomic mass is 10.0. The molecule has 0 spiro atoms. The number of anilines is 1. The van der Waals surface area contributed by atoms with Crippen molar-refractivity contribution in [1.82, 2.24) is 5.43 Å². The second kappa shape index (κ2) is 11.5. The van der Waals surface area contributed by atoms with E-state index in [-0.39, 0.29) is 5.75 Å². The highest BCUT2D eigenvalue weighted by Crippen LogP contribution is 2.28. The van der Waals surface area contributed by atoms with Gasteiger partial charge in [-0.05, 0) is 53.2 Å². The molecule has 2 amide bonds. The van der Waals surface area contributed by atoms with E-state index in [1.807, 2.05) is 30.3 Å². The van der Waals surface area contributed by atoms with Gasteiger partial charge in [-0.2, -0.15) is 5.10 Å². The van der Waals surface area contributed by atoms with E-state index >= 15 is 0 Å². The van der Waals surface area contributed by atoms with Crippen molar-refractivity contribution >= 4 is 40.5 Å². The zero-order valence-corrected chi connectivity index (χ0v) is 20.1. The summed E-state index contributed by atoms with van der Waals surface area (Å²) in [5, 5.41) is 8.02. The van der Waals surface area contributed by atoms with Gasteiger partial charge in [-0.25, -0.2) is 10.2 Å². The van der Waals surface area contributed by atoms with Crippen LogP contribution in [0.5, 0.6) is 17.2 Å². The van der Waals surface area contributed by atoms with E-state index in [1.54, 1.807) is 54.6 Å². The van der Waals surface area contributed by atoms with E-state index in [4.69, 9.17) is 14.2 Å². The van der Waals surface area contributed by atoms with Crippen molar-refractivity contribution in [3.05, 3.63) is 96.1 Å². The number of nitrogens with zero attached hydrogens (tertiary/aromatic N) is 1. The molecule has 0 aliphatic heterocycles. The lowest BCUT2D eigenvalue weighted by molar-refractivity contribution is -0.136. The zero-order chi connectivity index (χ0) is 26.2. The van der Waals surface area contributed by atoms with E-state index in [1.165, 1.54) is 20.4 Å². The summed E-state index contributed by atoms with van der Waals surface area (Å²) >= 11 is 0. The molecule has 0 bridgehead atoms. The van der Waals surface area contributed by atoms with Gasteiger partial charge in [-0.1, -0.05) is 42.5 Å². The Hall–Kier alpha value is -5.18. The zero-order valence-electron chi connectivity index (χ0n) is 20.1. The minimum Gasteiger partial charge on any atom is -0.497 e. The van der Waals surface area contributed by atoms with Gasteiger partial charge in [0.15, 0.2) is 0 Å². The predicted molar refractivity (Wildman–Crippen MR) is 139 cm³/mol. The van der Waals surface area contributed by atoms with Crippen LogP contribution in [0.1, 0.15) is 15.9 Å². The van der Waals surface area contributed by atoms with Gasteiger partial charge in [0.05, 0.1) is 31.7 Å². The number of hydrogen-bond acceptors (Lipinski definition) is 7. The van der Waals surface area contributed by atoms with Crippen molar-refractivity contribution in [2.24, 2.45) is 5.10 Å². The second-order valence-corrected chi connectivity index (χ2v) is 7.67. The quantitative estimate of drug-likeness (QED) is 0.130. The topological polar surface area (TPSA) is 115 Å². The number of esters is 1. The average Bonchev–Trinajstić information content (AvgIpc) is 2.94. The first-order valence-corrected chi connectivity index (χ1v) is 11.2. The number of ether oxygens (including phenoxy) is 3. The first kappa shape index (κ1) is 24.9. The summed E-state index contributed by atoms with van der Waals surface area (Å²) in [5.41, 5.74) is 3.33. The molecule has 4 rings (SSSR count). The SMILES string of the molecule is COc1ccc(C(=O)Oc2ccc3ccccc3c2C=NNC(=O)C(=O)Nc2ccccc2OC)cc1. The maximum atomic E-state index is 12.8. The molecule has 186 valence electrons. The summed E-state index contributed by atoms with van der Waals surface area (Å²) in [6, 6.07) is 24.1. The van der Waals surface area contributed by atoms with Crippen molar-refractivity contribution in [2.75, 3.05) is 19.5 Å². The molecule has 0 saturated heterocycles. The van der Waals surface area contributed by atoms with Crippen LogP contribution in [0, 0.1) is 0 Å². The molecule has 0 aliphatic carbocycles. The second-order valence-electron chi connectivity index (χ2n) is 7.67. The molecule has 9 heteroatoms. The van der Waals surface area contributed by atoms with E-state index in [0.717, 1.165) is 10.8 Å². The Kier molecular flexibility index (Phi) is 7.75. The van der Waals surface area contributed by atoms with Gasteiger partial charge < -0.3 is 19.5 Å². The van der Waals surface area contributed by atoms with Crippen LogP contribution in [0.3, 0.4) is 0 Å². The number of fused-ring (bicyclic) bond motifs is 1. The fourth-order valence-corrected chi connectivity index (χ4v) is 3.52. The minimum absolute atomic E-state index is 0.232. The molecular formula is C28H23N3O6. The van der Waals surface area contributed by atoms with Gasteiger partial charge in [-0.3, -0.25) is 9.59 Å². The van der Waals surface area contributed by atoms with Crippen molar-refractivity contribution < 1.29 is 28.6 Å². The number of hydrogen-bond donors (Lipinski definition) is 2. The molecule has 9 nitrogen and oxygen atoms in total. The largest absolute Gasteiger partial charge is 0.497 e. The van der Waals surface area contributed by atoms with Crippen molar-refractivity contribution in [1.29, 1.82) is 0 Å². The summed E-state index contributed by atoms with van der Waals surface area (Å²) in [7, 11) is 2.99. The van der Waals surface area contributed by atoms with Crippen LogP contribution in [0.4, 0.5) is 5.69 Å². The van der Waals surface area contributed by atoms with Gasteiger partial charge in [0.1, 0.15) is 17.2 Å². The van der Waals surface area contributed by atoms with Gasteiger partial charge in [0.25, 0.3) is 0 Å². The Labute approximate surface area is 212 Å². The molecule has 0 atom stereocenters. The fraction of sp³-hybridized carbons (Fsp3) is 0.0714. The molecule has 0 aromatic heterocycles. The molecule has 2 N–H and O–H groups in total. The predicted octanol–water partition coefficient (Wildman–Crippen LogP) is 4.17. The van der Waals surface area contributed by atoms with Crippen molar-refractivity contribution in [3.63, 3.8) is 0 Å². The van der Waals surface area contributed by atoms with Gasteiger partial charge in [0.2, 0.25) is 0 Å². The van der Waals surface area contributed by atoms with Crippen LogP contribution < -0.4 is 25.0 Å². The summed E-state index contributed by atoms with van der Waals surface area (Å²) < 4.78 is 15.9. The summed E-state index contributed by atoms with van der Waals surface area (Å²) in [6.45, 7) is 0. The van der Waals surface area contributed by atoms with Gasteiger partial charge in [0, 0.05) is 5.56 Å². The molecule has 0 aliphatic rings. The number of methoxy groups -OCH3 is 2. The molecular weight excluding hydrogens is 474 g/mol. The molecule has 0 radical (unpaired) electrons. The van der Waals surface area contributed by atoms with E-state index < -0.39 is 17.8 Å². The highest BCUT2D eigenvalue weighted by atomic mass is 16.5. The highest BCUT2D eigenvalue weighted by molar-refractivity contribution is 6.39. The monoisotopic (exact) mass is 497 g/mol. The Morgan fingerprint density at radius 1 is 0.757 bits per heavy atom. The third kappa shape index (κ3) is 5.91. The Bertz CT molecular complexity index is 1480. The lowest BCUT2D eigenvalue weighted by Crippen LogP contribution is -2.32. The first-order chi connectivity index (χ1) is 18.0. The average molecular weight is 498 g/mol. The molecule has 37 heavy (non-hydrogen) atoms. The first-order valence-electron chi connectivity index (χ1n) is 11.2. The number of carbonyl (C=O) groups is 3. The number of hydrazone groups is 1. The summed E-state index contributed by atoms with van der Waals surface area (Å²) in [5.74, 6) is -1.24. The normalized spacial score (nSPS) is 10.6. The number of amides is 2. The van der Waals surface area contributed by atoms with Crippen LogP contribution in [0.2, 0.25) is 0 Å². The van der Waals surface area contributed by atoms with Gasteiger partial charge >= 0.3 is 17.8 Å². The summed E-state index contributed by atoms with van der Waals surface area (Å²) in [4.78, 5) is 37.4. The maximum absolute atomic E-state index is 12.8. The number of carbonyl (C=O) groups excluding carboxylic acids is 3. The molecule has 0 fully saturated rings. The van der Waals surface area contributed by atoms with Crippen LogP contribution in [-0.4, -0.2) is 38.2 Å². The third-order valence-corrected chi connectivity index (χ3v) is 5.38.